The van der Waals surface area contributed by atoms with Gasteiger partial charge in [-0.2, -0.15) is 14.3 Å². The number of benzene rings is 1. The van der Waals surface area contributed by atoms with E-state index in [0.717, 1.165) is 10.5 Å². The third-order valence-corrected chi connectivity index (χ3v) is 5.03. The Balaban J connectivity index is 1.83. The SMILES string of the molecule is COc1ccc(CCN2C(=O)C3N=CC=CC3=[N+](CC(=O)NC(C)(C)C)C2=O)cc1OC. The second kappa shape index (κ2) is 9.33. The van der Waals surface area contributed by atoms with E-state index in [1.165, 1.54) is 10.8 Å². The summed E-state index contributed by atoms with van der Waals surface area (Å²) in [7, 11) is 3.10. The van der Waals surface area contributed by atoms with Crippen LogP contribution < -0.4 is 14.8 Å². The summed E-state index contributed by atoms with van der Waals surface area (Å²) in [4.78, 5) is 44.2. The van der Waals surface area contributed by atoms with Crippen molar-refractivity contribution in [2.45, 2.75) is 38.8 Å². The van der Waals surface area contributed by atoms with Crippen LogP contribution in [0, 0.1) is 0 Å². The Bertz CT molecular complexity index is 1020. The van der Waals surface area contributed by atoms with Gasteiger partial charge in [0.25, 0.3) is 5.91 Å². The Labute approximate surface area is 187 Å². The Morgan fingerprint density at radius 2 is 1.91 bits per heavy atom. The van der Waals surface area contributed by atoms with Gasteiger partial charge in [-0.3, -0.25) is 9.79 Å². The third kappa shape index (κ3) is 5.04. The van der Waals surface area contributed by atoms with Crippen molar-refractivity contribution in [2.24, 2.45) is 4.99 Å². The molecule has 0 saturated heterocycles. The van der Waals surface area contributed by atoms with Crippen LogP contribution in [0.4, 0.5) is 4.79 Å². The number of methoxy groups -OCH3 is 2. The van der Waals surface area contributed by atoms with Crippen molar-refractivity contribution in [3.63, 3.8) is 0 Å². The first-order chi connectivity index (χ1) is 15.1. The molecule has 0 aromatic heterocycles. The number of hydrogen-bond donors (Lipinski definition) is 1. The minimum absolute atomic E-state index is 0.146. The number of nitrogens with zero attached hydrogens (tertiary/aromatic N) is 3. The summed E-state index contributed by atoms with van der Waals surface area (Å²) in [6.07, 6.45) is 5.26. The fraction of sp³-hybridized carbons (Fsp3) is 0.435. The molecule has 1 aromatic carbocycles. The van der Waals surface area contributed by atoms with Gasteiger partial charge in [-0.25, -0.2) is 4.79 Å². The normalized spacial score (nSPS) is 18.0. The van der Waals surface area contributed by atoms with E-state index in [1.807, 2.05) is 32.9 Å². The summed E-state index contributed by atoms with van der Waals surface area (Å²) >= 11 is 0. The first-order valence-electron chi connectivity index (χ1n) is 10.4. The standard InChI is InChI=1S/C23H28N4O5/c1-23(2,3)25-19(28)14-27-16-7-6-11-24-20(16)21(29)26(22(27)30)12-10-15-8-9-17(31-4)18(13-15)32-5/h6-9,11,13,20H,10,12,14H2,1-5H3/p+1. The molecule has 9 nitrogen and oxygen atoms in total. The van der Waals surface area contributed by atoms with Gasteiger partial charge in [-0.05, 0) is 50.6 Å². The van der Waals surface area contributed by atoms with Gasteiger partial charge in [0.15, 0.2) is 18.0 Å². The molecule has 170 valence electrons. The van der Waals surface area contributed by atoms with Crippen molar-refractivity contribution in [1.82, 2.24) is 10.2 Å². The molecule has 9 heteroatoms. The lowest BCUT2D eigenvalue weighted by Crippen LogP contribution is -2.59. The first kappa shape index (κ1) is 23.2. The zero-order valence-corrected chi connectivity index (χ0v) is 19.0. The molecule has 0 spiro atoms. The number of carbonyl (C=O) groups is 3. The molecular formula is C23H29N4O5+. The van der Waals surface area contributed by atoms with Gasteiger partial charge in [-0.15, -0.1) is 0 Å². The van der Waals surface area contributed by atoms with Crippen molar-refractivity contribution in [3.8, 4) is 11.5 Å². The quantitative estimate of drug-likeness (QED) is 0.648. The number of carbonyl (C=O) groups excluding carboxylic acids is 3. The van der Waals surface area contributed by atoms with E-state index in [-0.39, 0.29) is 19.0 Å². The van der Waals surface area contributed by atoms with Crippen LogP contribution in [0.2, 0.25) is 0 Å². The van der Waals surface area contributed by atoms with Crippen molar-refractivity contribution in [1.29, 1.82) is 0 Å². The third-order valence-electron chi connectivity index (χ3n) is 5.03. The monoisotopic (exact) mass is 441 g/mol. The predicted octanol–water partition coefficient (Wildman–Crippen LogP) is 1.59. The molecule has 0 aliphatic carbocycles. The Morgan fingerprint density at radius 1 is 1.19 bits per heavy atom. The topological polar surface area (TPSA) is 100 Å². The molecule has 1 aromatic rings. The number of imide groups is 1. The maximum absolute atomic E-state index is 13.2. The van der Waals surface area contributed by atoms with E-state index >= 15 is 0 Å². The van der Waals surface area contributed by atoms with Crippen LogP contribution in [0.5, 0.6) is 11.5 Å². The number of allylic oxidation sites excluding steroid dienone is 1. The fourth-order valence-electron chi connectivity index (χ4n) is 3.61. The van der Waals surface area contributed by atoms with Crippen LogP contribution in [-0.4, -0.2) is 78.1 Å². The summed E-state index contributed by atoms with van der Waals surface area (Å²) in [5, 5.41) is 2.85. The molecule has 1 atom stereocenters. The number of dihydropyridines is 1. The lowest BCUT2D eigenvalue weighted by atomic mass is 10.0. The predicted molar refractivity (Wildman–Crippen MR) is 120 cm³/mol. The molecule has 0 bridgehead atoms. The van der Waals surface area contributed by atoms with Crippen LogP contribution in [-0.2, 0) is 16.0 Å². The van der Waals surface area contributed by atoms with E-state index in [0.29, 0.717) is 23.6 Å². The molecule has 2 aliphatic rings. The molecule has 0 radical (unpaired) electrons. The molecule has 2 heterocycles. The molecule has 2 aliphatic heterocycles. The lowest BCUT2D eigenvalue weighted by Gasteiger charge is -2.27. The number of rotatable bonds is 7. The van der Waals surface area contributed by atoms with E-state index in [4.69, 9.17) is 9.47 Å². The second-order valence-electron chi connectivity index (χ2n) is 8.58. The number of urea groups is 1. The van der Waals surface area contributed by atoms with Crippen molar-refractivity contribution in [3.05, 3.63) is 35.9 Å². The zero-order valence-electron chi connectivity index (χ0n) is 19.0. The molecule has 0 saturated carbocycles. The van der Waals surface area contributed by atoms with Gasteiger partial charge in [0, 0.05) is 18.2 Å². The number of fused-ring (bicyclic) bond motifs is 1. The number of aliphatic imine (C=N–C) groups is 1. The molecule has 1 unspecified atom stereocenters. The number of amides is 4. The van der Waals surface area contributed by atoms with Crippen LogP contribution >= 0.6 is 0 Å². The van der Waals surface area contributed by atoms with E-state index in [1.54, 1.807) is 32.4 Å². The average Bonchev–Trinajstić information content (AvgIpc) is 2.75. The highest BCUT2D eigenvalue weighted by Crippen LogP contribution is 2.28. The largest absolute Gasteiger partial charge is 0.501 e. The summed E-state index contributed by atoms with van der Waals surface area (Å²) < 4.78 is 11.9. The average molecular weight is 442 g/mol. The molecule has 1 N–H and O–H groups in total. The maximum Gasteiger partial charge on any atom is 0.501 e. The highest BCUT2D eigenvalue weighted by Gasteiger charge is 2.48. The van der Waals surface area contributed by atoms with Crippen LogP contribution in [0.15, 0.2) is 35.3 Å². The van der Waals surface area contributed by atoms with Crippen LogP contribution in [0.3, 0.4) is 0 Å². The van der Waals surface area contributed by atoms with Gasteiger partial charge in [0.1, 0.15) is 12.3 Å². The maximum atomic E-state index is 13.2. The van der Waals surface area contributed by atoms with E-state index in [2.05, 4.69) is 10.3 Å². The van der Waals surface area contributed by atoms with Gasteiger partial charge in [0.05, 0.1) is 14.2 Å². The molecule has 4 amide bonds. The minimum Gasteiger partial charge on any atom is -0.493 e. The van der Waals surface area contributed by atoms with Crippen molar-refractivity contribution in [2.75, 3.05) is 27.3 Å². The summed E-state index contributed by atoms with van der Waals surface area (Å²) in [5.74, 6) is 0.451. The van der Waals surface area contributed by atoms with E-state index in [9.17, 15) is 14.4 Å². The van der Waals surface area contributed by atoms with Crippen molar-refractivity contribution >= 4 is 29.8 Å². The highest BCUT2D eigenvalue weighted by molar-refractivity contribution is 6.20. The highest BCUT2D eigenvalue weighted by atomic mass is 16.5. The summed E-state index contributed by atoms with van der Waals surface area (Å²) in [6, 6.07) is 4.07. The number of ether oxygens (including phenoxy) is 2. The van der Waals surface area contributed by atoms with Crippen LogP contribution in [0.25, 0.3) is 0 Å². The number of nitrogens with one attached hydrogen (secondary N) is 1. The molecule has 0 fully saturated rings. The Kier molecular flexibility index (Phi) is 6.76. The van der Waals surface area contributed by atoms with Gasteiger partial charge in [-0.1, -0.05) is 6.07 Å². The Morgan fingerprint density at radius 3 is 2.56 bits per heavy atom. The minimum atomic E-state index is -0.842. The molecular weight excluding hydrogens is 412 g/mol. The van der Waals surface area contributed by atoms with Crippen molar-refractivity contribution < 1.29 is 28.4 Å². The van der Waals surface area contributed by atoms with Crippen LogP contribution in [0.1, 0.15) is 26.3 Å². The van der Waals surface area contributed by atoms with Gasteiger partial charge < -0.3 is 14.8 Å². The summed E-state index contributed by atoms with van der Waals surface area (Å²) in [5.41, 5.74) is 0.847. The molecule has 32 heavy (non-hydrogen) atoms. The number of hydrogen-bond acceptors (Lipinski definition) is 6. The van der Waals surface area contributed by atoms with Gasteiger partial charge >= 0.3 is 11.9 Å². The first-order valence-corrected chi connectivity index (χ1v) is 10.4. The van der Waals surface area contributed by atoms with E-state index < -0.39 is 23.5 Å². The fourth-order valence-corrected chi connectivity index (χ4v) is 3.61. The smallest absolute Gasteiger partial charge is 0.493 e. The second-order valence-corrected chi connectivity index (χ2v) is 8.58. The van der Waals surface area contributed by atoms with Gasteiger partial charge in [0.2, 0.25) is 6.04 Å². The molecule has 3 rings (SSSR count). The Hall–Kier alpha value is -3.49. The summed E-state index contributed by atoms with van der Waals surface area (Å²) in [6.45, 7) is 5.55. The lowest BCUT2D eigenvalue weighted by molar-refractivity contribution is -0.427. The zero-order chi connectivity index (χ0) is 23.5.